The van der Waals surface area contributed by atoms with Crippen molar-refractivity contribution < 1.29 is 9.90 Å². The Morgan fingerprint density at radius 1 is 1.47 bits per heavy atom. The largest absolute Gasteiger partial charge is 0.481 e. The Labute approximate surface area is 120 Å². The van der Waals surface area contributed by atoms with Gasteiger partial charge in [0, 0.05) is 21.6 Å². The lowest BCUT2D eigenvalue weighted by Gasteiger charge is -1.99. The third kappa shape index (κ3) is 4.04. The number of hydrogen-bond acceptors (Lipinski definition) is 5. The van der Waals surface area contributed by atoms with Crippen LogP contribution in [-0.4, -0.2) is 16.1 Å². The van der Waals surface area contributed by atoms with Gasteiger partial charge in [-0.2, -0.15) is 0 Å². The lowest BCUT2D eigenvalue weighted by atomic mass is 10.2. The summed E-state index contributed by atoms with van der Waals surface area (Å²) < 4.78 is 0. The highest BCUT2D eigenvalue weighted by Crippen LogP contribution is 2.23. The molecule has 0 saturated heterocycles. The number of nitrogens with one attached hydrogen (secondary N) is 1. The minimum atomic E-state index is -0.785. The molecule has 0 atom stereocenters. The predicted molar refractivity (Wildman–Crippen MR) is 79.2 cm³/mol. The topological polar surface area (TPSA) is 62.2 Å². The van der Waals surface area contributed by atoms with E-state index in [0.29, 0.717) is 6.42 Å². The number of aryl methyl sites for hydroxylation is 3. The second kappa shape index (κ2) is 6.16. The Bertz CT molecular complexity index is 555. The summed E-state index contributed by atoms with van der Waals surface area (Å²) >= 11 is 3.31. The first-order valence-corrected chi connectivity index (χ1v) is 7.70. The van der Waals surface area contributed by atoms with Crippen LogP contribution in [0.2, 0.25) is 0 Å². The molecule has 102 valence electrons. The SMILES string of the molecule is Cc1cc(CNc2nc(CCC(=O)O)cs2)sc1C. The smallest absolute Gasteiger partial charge is 0.303 e. The molecule has 0 spiro atoms. The highest BCUT2D eigenvalue weighted by atomic mass is 32.1. The number of rotatable bonds is 6. The third-order valence-electron chi connectivity index (χ3n) is 2.78. The zero-order valence-corrected chi connectivity index (χ0v) is 12.5. The second-order valence-electron chi connectivity index (χ2n) is 4.34. The van der Waals surface area contributed by atoms with Crippen LogP contribution in [0, 0.1) is 13.8 Å². The zero-order chi connectivity index (χ0) is 13.8. The molecule has 0 aliphatic heterocycles. The van der Waals surface area contributed by atoms with Gasteiger partial charge < -0.3 is 10.4 Å². The van der Waals surface area contributed by atoms with Crippen LogP contribution >= 0.6 is 22.7 Å². The molecule has 0 aliphatic rings. The summed E-state index contributed by atoms with van der Waals surface area (Å²) in [5, 5.41) is 14.7. The normalized spacial score (nSPS) is 10.6. The second-order valence-corrected chi connectivity index (χ2v) is 6.54. The Morgan fingerprint density at radius 3 is 2.89 bits per heavy atom. The molecule has 2 heterocycles. The van der Waals surface area contributed by atoms with Gasteiger partial charge in [0.1, 0.15) is 0 Å². The Kier molecular flexibility index (Phi) is 4.55. The predicted octanol–water partition coefficient (Wildman–Crippen LogP) is 3.45. The number of carboxylic acid groups (broad SMARTS) is 1. The van der Waals surface area contributed by atoms with E-state index in [1.54, 1.807) is 11.3 Å². The van der Waals surface area contributed by atoms with Gasteiger partial charge in [0.15, 0.2) is 5.13 Å². The van der Waals surface area contributed by atoms with Gasteiger partial charge in [-0.1, -0.05) is 0 Å². The molecule has 0 unspecified atom stereocenters. The number of thiophene rings is 1. The van der Waals surface area contributed by atoms with E-state index in [1.165, 1.54) is 26.7 Å². The van der Waals surface area contributed by atoms with E-state index in [1.807, 2.05) is 5.38 Å². The third-order valence-corrected chi connectivity index (χ3v) is 4.78. The molecule has 0 aromatic carbocycles. The number of aromatic nitrogens is 1. The fourth-order valence-corrected chi connectivity index (χ4v) is 3.37. The van der Waals surface area contributed by atoms with Crippen molar-refractivity contribution in [1.29, 1.82) is 0 Å². The number of thiazole rings is 1. The summed E-state index contributed by atoms with van der Waals surface area (Å²) in [6, 6.07) is 2.19. The average molecular weight is 296 g/mol. The summed E-state index contributed by atoms with van der Waals surface area (Å²) in [4.78, 5) is 17.5. The first kappa shape index (κ1) is 14.0. The average Bonchev–Trinajstić information content (AvgIpc) is 2.92. The van der Waals surface area contributed by atoms with Crippen molar-refractivity contribution in [3.8, 4) is 0 Å². The summed E-state index contributed by atoms with van der Waals surface area (Å²) in [5.41, 5.74) is 2.16. The molecule has 0 bridgehead atoms. The molecule has 2 aromatic heterocycles. The van der Waals surface area contributed by atoms with Gasteiger partial charge in [0.2, 0.25) is 0 Å². The molecule has 4 nitrogen and oxygen atoms in total. The first-order chi connectivity index (χ1) is 9.04. The van der Waals surface area contributed by atoms with Crippen LogP contribution in [0.25, 0.3) is 0 Å². The van der Waals surface area contributed by atoms with Gasteiger partial charge in [-0.05, 0) is 25.5 Å². The van der Waals surface area contributed by atoms with Crippen molar-refractivity contribution in [3.63, 3.8) is 0 Å². The maximum absolute atomic E-state index is 10.5. The zero-order valence-electron chi connectivity index (χ0n) is 10.9. The van der Waals surface area contributed by atoms with E-state index in [0.717, 1.165) is 17.4 Å². The molecular formula is C13H16N2O2S2. The van der Waals surface area contributed by atoms with E-state index in [4.69, 9.17) is 5.11 Å². The van der Waals surface area contributed by atoms with Crippen LogP contribution in [0.3, 0.4) is 0 Å². The molecular weight excluding hydrogens is 280 g/mol. The van der Waals surface area contributed by atoms with Gasteiger partial charge in [0.25, 0.3) is 0 Å². The molecule has 6 heteroatoms. The Morgan fingerprint density at radius 2 is 2.26 bits per heavy atom. The quantitative estimate of drug-likeness (QED) is 0.857. The Balaban J connectivity index is 1.87. The number of nitrogens with zero attached hydrogens (tertiary/aromatic N) is 1. The lowest BCUT2D eigenvalue weighted by molar-refractivity contribution is -0.136. The van der Waals surface area contributed by atoms with E-state index in [-0.39, 0.29) is 6.42 Å². The molecule has 2 aromatic rings. The molecule has 2 rings (SSSR count). The lowest BCUT2D eigenvalue weighted by Crippen LogP contribution is -1.99. The summed E-state index contributed by atoms with van der Waals surface area (Å²) in [6.07, 6.45) is 0.622. The van der Waals surface area contributed by atoms with Crippen molar-refractivity contribution in [1.82, 2.24) is 4.98 Å². The van der Waals surface area contributed by atoms with Crippen molar-refractivity contribution >= 4 is 33.8 Å². The minimum absolute atomic E-state index is 0.131. The van der Waals surface area contributed by atoms with Crippen LogP contribution in [0.4, 0.5) is 5.13 Å². The number of hydrogen-bond donors (Lipinski definition) is 2. The molecule has 0 saturated carbocycles. The van der Waals surface area contributed by atoms with Gasteiger partial charge in [0.05, 0.1) is 18.7 Å². The molecule has 19 heavy (non-hydrogen) atoms. The maximum Gasteiger partial charge on any atom is 0.303 e. The van der Waals surface area contributed by atoms with Crippen LogP contribution in [-0.2, 0) is 17.8 Å². The number of aliphatic carboxylic acids is 1. The monoisotopic (exact) mass is 296 g/mol. The molecule has 2 N–H and O–H groups in total. The molecule has 0 radical (unpaired) electrons. The molecule has 0 fully saturated rings. The van der Waals surface area contributed by atoms with Gasteiger partial charge in [-0.25, -0.2) is 4.98 Å². The van der Waals surface area contributed by atoms with Gasteiger partial charge >= 0.3 is 5.97 Å². The molecule has 0 amide bonds. The van der Waals surface area contributed by atoms with Gasteiger partial charge in [-0.3, -0.25) is 4.79 Å². The van der Waals surface area contributed by atoms with Crippen molar-refractivity contribution in [2.45, 2.75) is 33.2 Å². The van der Waals surface area contributed by atoms with Gasteiger partial charge in [-0.15, -0.1) is 22.7 Å². The van der Waals surface area contributed by atoms with Crippen LogP contribution < -0.4 is 5.32 Å². The van der Waals surface area contributed by atoms with Crippen molar-refractivity contribution in [2.24, 2.45) is 0 Å². The van der Waals surface area contributed by atoms with Crippen molar-refractivity contribution in [3.05, 3.63) is 32.5 Å². The van der Waals surface area contributed by atoms with Crippen LogP contribution in [0.5, 0.6) is 0 Å². The summed E-state index contributed by atoms with van der Waals surface area (Å²) in [7, 11) is 0. The molecule has 0 aliphatic carbocycles. The van der Waals surface area contributed by atoms with Crippen LogP contribution in [0.15, 0.2) is 11.4 Å². The number of carbonyl (C=O) groups is 1. The fraction of sp³-hybridized carbons (Fsp3) is 0.385. The van der Waals surface area contributed by atoms with Crippen LogP contribution in [0.1, 0.15) is 27.4 Å². The van der Waals surface area contributed by atoms with E-state index in [9.17, 15) is 4.79 Å². The summed E-state index contributed by atoms with van der Waals surface area (Å²) in [6.45, 7) is 5.00. The minimum Gasteiger partial charge on any atom is -0.481 e. The summed E-state index contributed by atoms with van der Waals surface area (Å²) in [5.74, 6) is -0.785. The first-order valence-electron chi connectivity index (χ1n) is 6.00. The van der Waals surface area contributed by atoms with Crippen molar-refractivity contribution in [2.75, 3.05) is 5.32 Å². The maximum atomic E-state index is 10.5. The number of carboxylic acids is 1. The standard InChI is InChI=1S/C13H16N2O2S2/c1-8-5-11(19-9(8)2)6-14-13-15-10(7-18-13)3-4-12(16)17/h5,7H,3-4,6H2,1-2H3,(H,14,15)(H,16,17). The van der Waals surface area contributed by atoms with E-state index < -0.39 is 5.97 Å². The van der Waals surface area contributed by atoms with E-state index in [2.05, 4.69) is 30.2 Å². The highest BCUT2D eigenvalue weighted by Gasteiger charge is 2.06. The van der Waals surface area contributed by atoms with E-state index >= 15 is 0 Å². The highest BCUT2D eigenvalue weighted by molar-refractivity contribution is 7.14. The fourth-order valence-electron chi connectivity index (χ4n) is 1.64. The Hall–Kier alpha value is -1.40. The number of anilines is 1.